The first kappa shape index (κ1) is 17.0. The first-order chi connectivity index (χ1) is 9.64. The molecule has 122 valence electrons. The van der Waals surface area contributed by atoms with E-state index in [9.17, 15) is 0 Å². The Morgan fingerprint density at radius 3 is 2.19 bits per heavy atom. The van der Waals surface area contributed by atoms with Crippen LogP contribution in [0.3, 0.4) is 0 Å². The average Bonchev–Trinajstić information content (AvgIpc) is 2.89. The van der Waals surface area contributed by atoms with Crippen LogP contribution in [0.1, 0.15) is 67.2 Å². The summed E-state index contributed by atoms with van der Waals surface area (Å²) in [7, 11) is 0. The molecule has 0 amide bonds. The molecule has 2 aliphatic rings. The summed E-state index contributed by atoms with van der Waals surface area (Å²) in [6.07, 6.45) is 8.21. The summed E-state index contributed by atoms with van der Waals surface area (Å²) in [6.45, 7) is 15.8. The molecule has 2 aliphatic carbocycles. The van der Waals surface area contributed by atoms with Crippen LogP contribution < -0.4 is 10.6 Å². The summed E-state index contributed by atoms with van der Waals surface area (Å²) in [6, 6.07) is 0. The highest BCUT2D eigenvalue weighted by atomic mass is 14.9. The Hall–Kier alpha value is -0.340. The molecule has 2 bridgehead atoms. The van der Waals surface area contributed by atoms with E-state index < -0.39 is 0 Å². The maximum atomic E-state index is 3.65. The fraction of sp³-hybridized carbons (Fsp3) is 0.895. The predicted octanol–water partition coefficient (Wildman–Crippen LogP) is 4.13. The Bertz CT molecular complexity index is 370. The molecule has 2 N–H and O–H groups in total. The number of rotatable bonds is 6. The number of fused-ring (bicyclic) bond motifs is 2. The van der Waals surface area contributed by atoms with Gasteiger partial charge in [-0.15, -0.1) is 0 Å². The molecular weight excluding hydrogens is 256 g/mol. The molecule has 0 aromatic heterocycles. The molecule has 3 atom stereocenters. The Balaban J connectivity index is 1.70. The van der Waals surface area contributed by atoms with Gasteiger partial charge in [-0.05, 0) is 91.5 Å². The van der Waals surface area contributed by atoms with Crippen LogP contribution >= 0.6 is 0 Å². The van der Waals surface area contributed by atoms with Crippen LogP contribution in [0, 0.1) is 17.8 Å². The van der Waals surface area contributed by atoms with Crippen molar-refractivity contribution in [2.24, 2.45) is 17.8 Å². The van der Waals surface area contributed by atoms with Crippen LogP contribution in [0.5, 0.6) is 0 Å². The lowest BCUT2D eigenvalue weighted by atomic mass is 9.86. The summed E-state index contributed by atoms with van der Waals surface area (Å²) < 4.78 is 0. The SMILES string of the molecule is CC(C)(C)NCCCC1CC2CC1C=C2CNC(C)(C)C. The van der Waals surface area contributed by atoms with Crippen molar-refractivity contribution in [1.82, 2.24) is 10.6 Å². The number of nitrogens with one attached hydrogen (secondary N) is 2. The minimum absolute atomic E-state index is 0.237. The molecule has 0 radical (unpaired) electrons. The van der Waals surface area contributed by atoms with Crippen molar-refractivity contribution in [2.45, 2.75) is 78.3 Å². The first-order valence-electron chi connectivity index (χ1n) is 8.85. The van der Waals surface area contributed by atoms with Crippen LogP contribution in [-0.2, 0) is 0 Å². The fourth-order valence-corrected chi connectivity index (χ4v) is 3.81. The molecular formula is C19H36N2. The molecule has 2 nitrogen and oxygen atoms in total. The van der Waals surface area contributed by atoms with Gasteiger partial charge in [0.15, 0.2) is 0 Å². The maximum absolute atomic E-state index is 3.65. The topological polar surface area (TPSA) is 24.1 Å². The largest absolute Gasteiger partial charge is 0.312 e. The summed E-state index contributed by atoms with van der Waals surface area (Å²) in [5.41, 5.74) is 2.19. The molecule has 3 unspecified atom stereocenters. The standard InChI is InChI=1S/C19H36N2/c1-18(2,3)20-9-7-8-14-10-16-11-15(14)12-17(16)13-21-19(4,5)6/h12,14-16,20-21H,7-11,13H2,1-6H3. The molecule has 21 heavy (non-hydrogen) atoms. The van der Waals surface area contributed by atoms with E-state index in [1.807, 2.05) is 0 Å². The second kappa shape index (κ2) is 6.42. The van der Waals surface area contributed by atoms with Crippen molar-refractivity contribution in [3.63, 3.8) is 0 Å². The molecule has 0 heterocycles. The molecule has 0 aliphatic heterocycles. The van der Waals surface area contributed by atoms with E-state index >= 15 is 0 Å². The normalized spacial score (nSPS) is 29.0. The highest BCUT2D eigenvalue weighted by Gasteiger charge is 2.39. The van der Waals surface area contributed by atoms with Gasteiger partial charge in [-0.3, -0.25) is 0 Å². The Kier molecular flexibility index (Phi) is 5.20. The van der Waals surface area contributed by atoms with Crippen molar-refractivity contribution in [1.29, 1.82) is 0 Å². The second-order valence-electron chi connectivity index (χ2n) is 9.26. The third-order valence-electron chi connectivity index (χ3n) is 4.93. The van der Waals surface area contributed by atoms with Gasteiger partial charge in [0.05, 0.1) is 0 Å². The summed E-state index contributed by atoms with van der Waals surface area (Å²) in [5, 5.41) is 7.26. The van der Waals surface area contributed by atoms with Gasteiger partial charge in [-0.25, -0.2) is 0 Å². The first-order valence-corrected chi connectivity index (χ1v) is 8.85. The summed E-state index contributed by atoms with van der Waals surface area (Å²) in [5.74, 6) is 2.71. The van der Waals surface area contributed by atoms with Gasteiger partial charge >= 0.3 is 0 Å². The van der Waals surface area contributed by atoms with Gasteiger partial charge < -0.3 is 10.6 Å². The zero-order chi connectivity index (χ0) is 15.7. The third kappa shape index (κ3) is 5.41. The zero-order valence-corrected chi connectivity index (χ0v) is 15.1. The Morgan fingerprint density at radius 1 is 1.00 bits per heavy atom. The Labute approximate surface area is 132 Å². The fourth-order valence-electron chi connectivity index (χ4n) is 3.81. The van der Waals surface area contributed by atoms with Crippen LogP contribution in [0.15, 0.2) is 11.6 Å². The zero-order valence-electron chi connectivity index (χ0n) is 15.1. The lowest BCUT2D eigenvalue weighted by Crippen LogP contribution is -2.38. The maximum Gasteiger partial charge on any atom is 0.0172 e. The van der Waals surface area contributed by atoms with E-state index in [1.54, 1.807) is 5.57 Å². The van der Waals surface area contributed by atoms with Gasteiger partial charge in [0.2, 0.25) is 0 Å². The van der Waals surface area contributed by atoms with Gasteiger partial charge in [0.1, 0.15) is 0 Å². The molecule has 2 rings (SSSR count). The van der Waals surface area contributed by atoms with Crippen molar-refractivity contribution >= 4 is 0 Å². The highest BCUT2D eigenvalue weighted by Crippen LogP contribution is 2.49. The van der Waals surface area contributed by atoms with E-state index in [0.717, 1.165) is 24.3 Å². The monoisotopic (exact) mass is 292 g/mol. The smallest absolute Gasteiger partial charge is 0.0172 e. The summed E-state index contributed by atoms with van der Waals surface area (Å²) in [4.78, 5) is 0. The Morgan fingerprint density at radius 2 is 1.67 bits per heavy atom. The molecule has 0 spiro atoms. The molecule has 0 saturated heterocycles. The molecule has 0 aromatic carbocycles. The molecule has 2 heteroatoms. The van der Waals surface area contributed by atoms with Crippen LogP contribution in [0.4, 0.5) is 0 Å². The van der Waals surface area contributed by atoms with Gasteiger partial charge in [0.25, 0.3) is 0 Å². The van der Waals surface area contributed by atoms with Crippen LogP contribution in [0.2, 0.25) is 0 Å². The van der Waals surface area contributed by atoms with E-state index in [1.165, 1.54) is 32.2 Å². The van der Waals surface area contributed by atoms with E-state index in [-0.39, 0.29) is 11.1 Å². The van der Waals surface area contributed by atoms with Gasteiger partial charge in [0, 0.05) is 17.6 Å². The number of hydrogen-bond acceptors (Lipinski definition) is 2. The van der Waals surface area contributed by atoms with E-state index in [0.29, 0.717) is 0 Å². The van der Waals surface area contributed by atoms with E-state index in [4.69, 9.17) is 0 Å². The van der Waals surface area contributed by atoms with Gasteiger partial charge in [-0.1, -0.05) is 11.6 Å². The molecule has 0 aromatic rings. The minimum atomic E-state index is 0.237. The highest BCUT2D eigenvalue weighted by molar-refractivity contribution is 5.22. The van der Waals surface area contributed by atoms with Crippen molar-refractivity contribution < 1.29 is 0 Å². The van der Waals surface area contributed by atoms with E-state index in [2.05, 4.69) is 58.3 Å². The van der Waals surface area contributed by atoms with Crippen LogP contribution in [-0.4, -0.2) is 24.2 Å². The van der Waals surface area contributed by atoms with Crippen molar-refractivity contribution in [2.75, 3.05) is 13.1 Å². The predicted molar refractivity (Wildman–Crippen MR) is 92.5 cm³/mol. The number of allylic oxidation sites excluding steroid dienone is 1. The summed E-state index contributed by atoms with van der Waals surface area (Å²) >= 11 is 0. The molecule has 1 saturated carbocycles. The van der Waals surface area contributed by atoms with Crippen molar-refractivity contribution in [3.8, 4) is 0 Å². The second-order valence-corrected chi connectivity index (χ2v) is 9.26. The quantitative estimate of drug-likeness (QED) is 0.568. The van der Waals surface area contributed by atoms with Gasteiger partial charge in [-0.2, -0.15) is 0 Å². The average molecular weight is 293 g/mol. The molecule has 1 fully saturated rings. The third-order valence-corrected chi connectivity index (χ3v) is 4.93. The van der Waals surface area contributed by atoms with Crippen LogP contribution in [0.25, 0.3) is 0 Å². The lowest BCUT2D eigenvalue weighted by Gasteiger charge is -2.26. The van der Waals surface area contributed by atoms with Crippen molar-refractivity contribution in [3.05, 3.63) is 11.6 Å². The lowest BCUT2D eigenvalue weighted by molar-refractivity contribution is 0.363. The minimum Gasteiger partial charge on any atom is -0.312 e. The number of hydrogen-bond donors (Lipinski definition) is 2.